The third-order valence-corrected chi connectivity index (χ3v) is 1.59. The fourth-order valence-electron chi connectivity index (χ4n) is 0.343. The van der Waals surface area contributed by atoms with E-state index in [4.69, 9.17) is 0 Å². The van der Waals surface area contributed by atoms with Crippen LogP contribution in [0.15, 0.2) is 4.40 Å². The molecule has 1 heterocycles. The van der Waals surface area contributed by atoms with Crippen molar-refractivity contribution in [2.75, 3.05) is 5.75 Å². The van der Waals surface area contributed by atoms with E-state index in [1.54, 1.807) is 6.92 Å². The molecule has 0 amide bonds. The zero-order valence-corrected chi connectivity index (χ0v) is 6.01. The van der Waals surface area contributed by atoms with Gasteiger partial charge < -0.3 is 0 Å². The average molecular weight is 152 g/mol. The smallest absolute Gasteiger partial charge is 0.189 e. The van der Waals surface area contributed by atoms with Gasteiger partial charge in [-0.25, -0.2) is 4.40 Å². The minimum Gasteiger partial charge on any atom is -0.292 e. The van der Waals surface area contributed by atoms with Gasteiger partial charge in [-0.05, 0) is 18.9 Å². The van der Waals surface area contributed by atoms with E-state index in [0.717, 1.165) is 0 Å². The minimum atomic E-state index is 0. The number of carbonyl (C=O) groups excluding carboxylic acids is 1. The van der Waals surface area contributed by atoms with Crippen LogP contribution in [0.25, 0.3) is 0 Å². The minimum absolute atomic E-state index is 0. The third kappa shape index (κ3) is 1.49. The molecule has 0 saturated carbocycles. The van der Waals surface area contributed by atoms with Gasteiger partial charge in [0.2, 0.25) is 0 Å². The lowest BCUT2D eigenvalue weighted by atomic mass is 10.3. The van der Waals surface area contributed by atoms with Crippen LogP contribution in [0.3, 0.4) is 0 Å². The number of Topliss-reactive ketones (excluding diaryl/α,β-unsaturated/α-hetero) is 1. The highest BCUT2D eigenvalue weighted by Crippen LogP contribution is 2.10. The summed E-state index contributed by atoms with van der Waals surface area (Å²) in [5.41, 5.74) is 0.657. The van der Waals surface area contributed by atoms with Gasteiger partial charge in [0, 0.05) is 0 Å². The zero-order valence-electron chi connectivity index (χ0n) is 4.38. The Morgan fingerprint density at radius 2 is 2.38 bits per heavy atom. The molecular weight excluding hydrogens is 146 g/mol. The molecule has 46 valence electrons. The lowest BCUT2D eigenvalue weighted by molar-refractivity contribution is -0.110. The number of carbonyl (C=O) groups is 1. The Morgan fingerprint density at radius 1 is 1.75 bits per heavy atom. The topological polar surface area (TPSA) is 29.4 Å². The number of rotatable bonds is 0. The second-order valence-corrected chi connectivity index (χ2v) is 2.10. The van der Waals surface area contributed by atoms with Crippen molar-refractivity contribution in [2.24, 2.45) is 4.40 Å². The standard InChI is InChI=1S/C4H5NOS.ClH/c1-3-4(6)2-7-5-3;/h2H2,1H3;1H. The summed E-state index contributed by atoms with van der Waals surface area (Å²) in [7, 11) is 0. The van der Waals surface area contributed by atoms with Crippen molar-refractivity contribution in [1.29, 1.82) is 0 Å². The van der Waals surface area contributed by atoms with Crippen molar-refractivity contribution < 1.29 is 4.79 Å². The molecule has 2 nitrogen and oxygen atoms in total. The molecule has 0 spiro atoms. The van der Waals surface area contributed by atoms with Gasteiger partial charge in [-0.3, -0.25) is 4.79 Å². The Labute approximate surface area is 58.3 Å². The van der Waals surface area contributed by atoms with Crippen LogP contribution in [0.5, 0.6) is 0 Å². The number of hydrogen-bond acceptors (Lipinski definition) is 3. The van der Waals surface area contributed by atoms with Crippen molar-refractivity contribution in [3.63, 3.8) is 0 Å². The van der Waals surface area contributed by atoms with Gasteiger partial charge in [0.1, 0.15) is 0 Å². The highest BCUT2D eigenvalue weighted by Gasteiger charge is 2.11. The largest absolute Gasteiger partial charge is 0.292 e. The van der Waals surface area contributed by atoms with E-state index in [0.29, 0.717) is 11.5 Å². The molecule has 4 heteroatoms. The molecule has 0 bridgehead atoms. The highest BCUT2D eigenvalue weighted by molar-refractivity contribution is 7.99. The summed E-state index contributed by atoms with van der Waals surface area (Å²) in [4.78, 5) is 10.4. The second-order valence-electron chi connectivity index (χ2n) is 1.37. The Morgan fingerprint density at radius 3 is 2.50 bits per heavy atom. The van der Waals surface area contributed by atoms with Crippen LogP contribution in [0.4, 0.5) is 0 Å². The quantitative estimate of drug-likeness (QED) is 0.486. The molecule has 0 atom stereocenters. The predicted octanol–water partition coefficient (Wildman–Crippen LogP) is 1.10. The monoisotopic (exact) mass is 151 g/mol. The van der Waals surface area contributed by atoms with Crippen LogP contribution in [-0.4, -0.2) is 17.2 Å². The summed E-state index contributed by atoms with van der Waals surface area (Å²) in [5, 5.41) is 0. The molecule has 0 saturated heterocycles. The number of halogens is 1. The average Bonchev–Trinajstić information content (AvgIpc) is 1.91. The van der Waals surface area contributed by atoms with Gasteiger partial charge in [-0.15, -0.1) is 12.4 Å². The molecule has 1 aliphatic heterocycles. The van der Waals surface area contributed by atoms with Crippen molar-refractivity contribution in [1.82, 2.24) is 0 Å². The van der Waals surface area contributed by atoms with Gasteiger partial charge in [0.05, 0.1) is 11.5 Å². The summed E-state index contributed by atoms with van der Waals surface area (Å²) in [5.74, 6) is 0.719. The normalized spacial score (nSPS) is 17.6. The van der Waals surface area contributed by atoms with E-state index >= 15 is 0 Å². The van der Waals surface area contributed by atoms with Crippen molar-refractivity contribution in [3.8, 4) is 0 Å². The lowest BCUT2D eigenvalue weighted by Gasteiger charge is -1.76. The highest BCUT2D eigenvalue weighted by atomic mass is 35.5. The maximum atomic E-state index is 10.4. The molecule has 1 rings (SSSR count). The maximum absolute atomic E-state index is 10.4. The molecule has 1 aliphatic rings. The summed E-state index contributed by atoms with van der Waals surface area (Å²) in [6, 6.07) is 0. The van der Waals surface area contributed by atoms with Crippen LogP contribution in [0, 0.1) is 0 Å². The second kappa shape index (κ2) is 3.10. The van der Waals surface area contributed by atoms with Gasteiger partial charge in [0.15, 0.2) is 5.78 Å². The van der Waals surface area contributed by atoms with E-state index in [2.05, 4.69) is 4.40 Å². The van der Waals surface area contributed by atoms with Gasteiger partial charge >= 0.3 is 0 Å². The van der Waals surface area contributed by atoms with Crippen LogP contribution in [0.2, 0.25) is 0 Å². The lowest BCUT2D eigenvalue weighted by Crippen LogP contribution is -2.04. The summed E-state index contributed by atoms with van der Waals surface area (Å²) < 4.78 is 3.80. The van der Waals surface area contributed by atoms with Crippen molar-refractivity contribution in [3.05, 3.63) is 0 Å². The maximum Gasteiger partial charge on any atom is 0.189 e. The van der Waals surface area contributed by atoms with Gasteiger partial charge in [-0.1, -0.05) is 0 Å². The van der Waals surface area contributed by atoms with Crippen LogP contribution in [0.1, 0.15) is 6.92 Å². The Bertz CT molecular complexity index is 134. The fraction of sp³-hybridized carbons (Fsp3) is 0.500. The van der Waals surface area contributed by atoms with E-state index in [-0.39, 0.29) is 18.2 Å². The Hall–Kier alpha value is -0.0200. The summed E-state index contributed by atoms with van der Waals surface area (Å²) in [6.07, 6.45) is 0. The van der Waals surface area contributed by atoms with E-state index in [1.165, 1.54) is 11.9 Å². The van der Waals surface area contributed by atoms with Gasteiger partial charge in [-0.2, -0.15) is 0 Å². The number of nitrogens with zero attached hydrogens (tertiary/aromatic N) is 1. The molecule has 0 unspecified atom stereocenters. The molecule has 0 aliphatic carbocycles. The fourth-order valence-corrected chi connectivity index (χ4v) is 1.03. The molecular formula is C4H6ClNOS. The third-order valence-electron chi connectivity index (χ3n) is 0.801. The van der Waals surface area contributed by atoms with E-state index in [1.807, 2.05) is 0 Å². The first-order valence-electron chi connectivity index (χ1n) is 2.00. The number of hydrogen-bond donors (Lipinski definition) is 0. The van der Waals surface area contributed by atoms with Crippen molar-refractivity contribution in [2.45, 2.75) is 6.92 Å². The predicted molar refractivity (Wildman–Crippen MR) is 37.8 cm³/mol. The first-order valence-corrected chi connectivity index (χ1v) is 2.95. The van der Waals surface area contributed by atoms with Crippen molar-refractivity contribution >= 4 is 35.8 Å². The van der Waals surface area contributed by atoms with Crippen LogP contribution < -0.4 is 0 Å². The zero-order chi connectivity index (χ0) is 5.28. The number of ketones is 1. The van der Waals surface area contributed by atoms with Gasteiger partial charge in [0.25, 0.3) is 0 Å². The first-order chi connectivity index (χ1) is 3.30. The summed E-state index contributed by atoms with van der Waals surface area (Å²) >= 11 is 1.33. The van der Waals surface area contributed by atoms with Crippen LogP contribution in [-0.2, 0) is 4.79 Å². The van der Waals surface area contributed by atoms with E-state index < -0.39 is 0 Å². The SMILES string of the molecule is CC1=NSCC1=O.Cl. The van der Waals surface area contributed by atoms with E-state index in [9.17, 15) is 4.79 Å². The molecule has 8 heavy (non-hydrogen) atoms. The first kappa shape index (κ1) is 7.98. The summed E-state index contributed by atoms with van der Waals surface area (Å²) in [6.45, 7) is 1.74. The molecule has 0 aromatic rings. The Balaban J connectivity index is 0.000000490. The molecule has 0 aromatic carbocycles. The molecule has 0 N–H and O–H groups in total. The van der Waals surface area contributed by atoms with Crippen LogP contribution >= 0.6 is 24.4 Å². The molecule has 0 aromatic heterocycles. The molecule has 0 fully saturated rings. The Kier molecular flexibility index (Phi) is 3.09. The molecule has 0 radical (unpaired) electrons.